The lowest BCUT2D eigenvalue weighted by Gasteiger charge is -2.42. The number of nitrogens with zero attached hydrogens (tertiary/aromatic N) is 4. The second-order valence-corrected chi connectivity index (χ2v) is 15.5. The van der Waals surface area contributed by atoms with Gasteiger partial charge in [0, 0.05) is 44.3 Å². The Hall–Kier alpha value is -7.30. The summed E-state index contributed by atoms with van der Waals surface area (Å²) in [6.45, 7) is 4.73. The van der Waals surface area contributed by atoms with Crippen LogP contribution in [0.2, 0.25) is 0 Å². The molecule has 1 aliphatic rings. The lowest BCUT2D eigenvalue weighted by Crippen LogP contribution is -2.30. The molecule has 3 heterocycles. The topological polar surface area (TPSA) is 34.0 Å². The summed E-state index contributed by atoms with van der Waals surface area (Å²) < 4.78 is 2.41. The van der Waals surface area contributed by atoms with Gasteiger partial charge in [-0.05, 0) is 88.6 Å². The fourth-order valence-corrected chi connectivity index (χ4v) is 8.88. The van der Waals surface area contributed by atoms with Crippen molar-refractivity contribution < 1.29 is 0 Å². The molecule has 4 heteroatoms. The fourth-order valence-electron chi connectivity index (χ4n) is 8.88. The van der Waals surface area contributed by atoms with Crippen LogP contribution >= 0.6 is 0 Å². The summed E-state index contributed by atoms with van der Waals surface area (Å²) >= 11 is 0. The predicted octanol–water partition coefficient (Wildman–Crippen LogP) is 13.8. The van der Waals surface area contributed by atoms with Crippen molar-refractivity contribution in [3.63, 3.8) is 0 Å². The van der Waals surface area contributed by atoms with E-state index in [1.165, 1.54) is 49.6 Å². The number of fused-ring (bicyclic) bond motifs is 6. The van der Waals surface area contributed by atoms with E-state index in [9.17, 15) is 0 Å². The Morgan fingerprint density at radius 1 is 0.404 bits per heavy atom. The molecule has 270 valence electrons. The van der Waals surface area contributed by atoms with Gasteiger partial charge in [0.15, 0.2) is 5.82 Å². The van der Waals surface area contributed by atoms with Gasteiger partial charge in [0.1, 0.15) is 0 Å². The Morgan fingerprint density at radius 3 is 1.75 bits per heavy atom. The Labute approximate surface area is 332 Å². The highest BCUT2D eigenvalue weighted by Crippen LogP contribution is 2.54. The van der Waals surface area contributed by atoms with Crippen LogP contribution in [0.25, 0.3) is 72.2 Å². The number of hydrogen-bond acceptors (Lipinski definition) is 3. The zero-order chi connectivity index (χ0) is 38.1. The van der Waals surface area contributed by atoms with Crippen molar-refractivity contribution in [2.24, 2.45) is 0 Å². The van der Waals surface area contributed by atoms with Gasteiger partial charge < -0.3 is 9.47 Å². The normalized spacial score (nSPS) is 13.2. The van der Waals surface area contributed by atoms with E-state index in [1.807, 2.05) is 12.1 Å². The minimum Gasteiger partial charge on any atom is -0.310 e. The van der Waals surface area contributed by atoms with Crippen LogP contribution < -0.4 is 4.90 Å². The van der Waals surface area contributed by atoms with Gasteiger partial charge in [0.25, 0.3) is 0 Å². The molecule has 57 heavy (non-hydrogen) atoms. The van der Waals surface area contributed by atoms with Gasteiger partial charge in [0.2, 0.25) is 0 Å². The van der Waals surface area contributed by atoms with Gasteiger partial charge in [-0.3, -0.25) is 0 Å². The molecule has 0 aliphatic carbocycles. The van der Waals surface area contributed by atoms with Crippen LogP contribution in [-0.4, -0.2) is 14.5 Å². The van der Waals surface area contributed by atoms with Crippen molar-refractivity contribution in [1.29, 1.82) is 0 Å². The average molecular weight is 731 g/mol. The van der Waals surface area contributed by atoms with E-state index in [0.29, 0.717) is 5.82 Å². The highest BCUT2D eigenvalue weighted by Gasteiger charge is 2.37. The number of benzene rings is 8. The van der Waals surface area contributed by atoms with Crippen LogP contribution in [0, 0.1) is 0 Å². The van der Waals surface area contributed by atoms with Gasteiger partial charge >= 0.3 is 0 Å². The monoisotopic (exact) mass is 730 g/mol. The summed E-state index contributed by atoms with van der Waals surface area (Å²) in [5.74, 6) is 0.699. The molecule has 0 atom stereocenters. The molecule has 4 nitrogen and oxygen atoms in total. The summed E-state index contributed by atoms with van der Waals surface area (Å²) in [7, 11) is 0. The number of hydrogen-bond donors (Lipinski definition) is 0. The minimum atomic E-state index is -0.217. The van der Waals surface area contributed by atoms with Crippen LogP contribution in [0.15, 0.2) is 194 Å². The maximum atomic E-state index is 5.10. The molecule has 10 aromatic rings. The van der Waals surface area contributed by atoms with Crippen LogP contribution in [0.4, 0.5) is 17.1 Å². The number of rotatable bonds is 5. The molecular formula is C53H38N4. The van der Waals surface area contributed by atoms with E-state index >= 15 is 0 Å². The van der Waals surface area contributed by atoms with Gasteiger partial charge in [0.05, 0.1) is 33.8 Å². The molecule has 11 rings (SSSR count). The predicted molar refractivity (Wildman–Crippen MR) is 237 cm³/mol. The fraction of sp³-hybridized carbons (Fsp3) is 0.0566. The highest BCUT2D eigenvalue weighted by molar-refractivity contribution is 6.11. The first-order valence-corrected chi connectivity index (χ1v) is 19.6. The van der Waals surface area contributed by atoms with Gasteiger partial charge in [-0.15, -0.1) is 0 Å². The molecule has 0 amide bonds. The maximum absolute atomic E-state index is 5.10. The summed E-state index contributed by atoms with van der Waals surface area (Å²) in [5.41, 5.74) is 14.3. The molecule has 0 spiro atoms. The smallest absolute Gasteiger partial charge is 0.160 e. The first kappa shape index (κ1) is 33.1. The van der Waals surface area contributed by atoms with Crippen molar-refractivity contribution in [1.82, 2.24) is 14.5 Å². The van der Waals surface area contributed by atoms with Crippen LogP contribution in [0.5, 0.6) is 0 Å². The third-order valence-corrected chi connectivity index (χ3v) is 11.8. The Morgan fingerprint density at radius 2 is 1.02 bits per heavy atom. The first-order chi connectivity index (χ1) is 28.0. The summed E-state index contributed by atoms with van der Waals surface area (Å²) in [6.07, 6.45) is 0. The van der Waals surface area contributed by atoms with Crippen LogP contribution in [-0.2, 0) is 5.41 Å². The first-order valence-electron chi connectivity index (χ1n) is 19.6. The quantitative estimate of drug-likeness (QED) is 0.177. The lowest BCUT2D eigenvalue weighted by molar-refractivity contribution is 0.633. The zero-order valence-electron chi connectivity index (χ0n) is 31.8. The zero-order valence-corrected chi connectivity index (χ0v) is 31.8. The molecular weight excluding hydrogens is 693 g/mol. The molecule has 0 fully saturated rings. The van der Waals surface area contributed by atoms with E-state index in [0.717, 1.165) is 45.0 Å². The van der Waals surface area contributed by atoms with Crippen molar-refractivity contribution in [3.05, 3.63) is 205 Å². The second kappa shape index (κ2) is 12.9. The number of anilines is 3. The van der Waals surface area contributed by atoms with Gasteiger partial charge in [-0.25, -0.2) is 9.97 Å². The van der Waals surface area contributed by atoms with Crippen molar-refractivity contribution in [2.45, 2.75) is 19.3 Å². The van der Waals surface area contributed by atoms with E-state index in [1.54, 1.807) is 0 Å². The third-order valence-electron chi connectivity index (χ3n) is 11.8. The molecule has 2 aromatic heterocycles. The van der Waals surface area contributed by atoms with E-state index in [4.69, 9.17) is 9.97 Å². The van der Waals surface area contributed by atoms with Gasteiger partial charge in [-0.1, -0.05) is 141 Å². The average Bonchev–Trinajstić information content (AvgIpc) is 3.60. The molecule has 0 N–H and O–H groups in total. The summed E-state index contributed by atoms with van der Waals surface area (Å²) in [6, 6.07) is 69.5. The van der Waals surface area contributed by atoms with Crippen molar-refractivity contribution in [2.75, 3.05) is 4.90 Å². The Bertz CT molecular complexity index is 3090. The molecule has 0 saturated carbocycles. The Balaban J connectivity index is 1.10. The summed E-state index contributed by atoms with van der Waals surface area (Å²) in [5, 5.41) is 4.94. The Kier molecular flexibility index (Phi) is 7.48. The van der Waals surface area contributed by atoms with Crippen LogP contribution in [0.1, 0.15) is 25.0 Å². The summed E-state index contributed by atoms with van der Waals surface area (Å²) in [4.78, 5) is 12.7. The van der Waals surface area contributed by atoms with Crippen LogP contribution in [0.3, 0.4) is 0 Å². The third kappa shape index (κ3) is 5.37. The molecule has 1 aliphatic heterocycles. The lowest BCUT2D eigenvalue weighted by atomic mass is 9.73. The molecule has 0 radical (unpaired) electrons. The molecule has 0 saturated heterocycles. The molecule has 8 aromatic carbocycles. The number of para-hydroxylation sites is 2. The SMILES string of the molecule is CC1(C)c2ccccc2N(c2ccc3ccccc3c2)c2cc3c(cc21)c1ccccc1n3-c1ccc(-c2nc(-c3ccccc3)cc(-c3ccccc3)n2)cc1. The minimum absolute atomic E-state index is 0.217. The molecule has 0 bridgehead atoms. The largest absolute Gasteiger partial charge is 0.310 e. The highest BCUT2D eigenvalue weighted by atomic mass is 15.2. The van der Waals surface area contributed by atoms with Gasteiger partial charge in [-0.2, -0.15) is 0 Å². The van der Waals surface area contributed by atoms with Crippen molar-refractivity contribution >= 4 is 49.6 Å². The maximum Gasteiger partial charge on any atom is 0.160 e. The van der Waals surface area contributed by atoms with E-state index in [-0.39, 0.29) is 5.41 Å². The van der Waals surface area contributed by atoms with Crippen molar-refractivity contribution in [3.8, 4) is 39.6 Å². The van der Waals surface area contributed by atoms with E-state index < -0.39 is 0 Å². The number of aromatic nitrogens is 3. The molecule has 0 unspecified atom stereocenters. The van der Waals surface area contributed by atoms with E-state index in [2.05, 4.69) is 205 Å². The second-order valence-electron chi connectivity index (χ2n) is 15.5. The standard InChI is InChI=1S/C53H38N4/c1-53(2)44-22-12-14-24-49(44)57(41-30-25-35-15-9-10-20-39(35)31-41)51-34-50-43(32-45(51)53)42-21-11-13-23-48(42)56(50)40-28-26-38(27-29-40)52-54-46(36-16-5-3-6-17-36)33-47(55-52)37-18-7-4-8-19-37/h3-34H,1-2H3.